The maximum absolute atomic E-state index is 12.3. The summed E-state index contributed by atoms with van der Waals surface area (Å²) in [5.41, 5.74) is 1.09. The van der Waals surface area contributed by atoms with E-state index in [1.165, 1.54) is 25.5 Å². The second-order valence-electron chi connectivity index (χ2n) is 6.88. The molecule has 1 saturated heterocycles. The Balaban J connectivity index is 1.31. The lowest BCUT2D eigenvalue weighted by Crippen LogP contribution is -2.44. The summed E-state index contributed by atoms with van der Waals surface area (Å²) in [6, 6.07) is 13.3. The number of benzene rings is 1. The Morgan fingerprint density at radius 2 is 2.12 bits per heavy atom. The quantitative estimate of drug-likeness (QED) is 0.867. The van der Waals surface area contributed by atoms with Crippen LogP contribution >= 0.6 is 0 Å². The van der Waals surface area contributed by atoms with Crippen LogP contribution in [0.5, 0.6) is 11.6 Å². The number of piperidine rings is 1. The van der Waals surface area contributed by atoms with Crippen LogP contribution in [0.15, 0.2) is 42.6 Å². The van der Waals surface area contributed by atoms with Crippen LogP contribution in [0.4, 0.5) is 0 Å². The third kappa shape index (κ3) is 3.53. The molecule has 0 unspecified atom stereocenters. The van der Waals surface area contributed by atoms with Crippen LogP contribution in [0.3, 0.4) is 0 Å². The second-order valence-corrected chi connectivity index (χ2v) is 6.88. The van der Waals surface area contributed by atoms with Crippen LogP contribution < -0.4 is 15.4 Å². The van der Waals surface area contributed by atoms with E-state index in [9.17, 15) is 4.79 Å². The number of hydrogen-bond acceptors (Lipinski definition) is 5. The zero-order chi connectivity index (χ0) is 17.9. The molecule has 132 valence electrons. The molecule has 1 saturated carbocycles. The third-order valence-electron chi connectivity index (χ3n) is 5.18. The molecule has 2 fully saturated rings. The first-order valence-corrected chi connectivity index (χ1v) is 8.89. The first-order chi connectivity index (χ1) is 12.7. The highest BCUT2D eigenvalue weighted by Crippen LogP contribution is 2.34. The number of hydrogen-bond donors (Lipinski definition) is 2. The van der Waals surface area contributed by atoms with Gasteiger partial charge in [0.25, 0.3) is 5.91 Å². The average molecular weight is 348 g/mol. The number of nitrogens with zero attached hydrogens (tertiary/aromatic N) is 2. The Morgan fingerprint density at radius 3 is 2.73 bits per heavy atom. The van der Waals surface area contributed by atoms with Gasteiger partial charge in [0.2, 0.25) is 5.88 Å². The van der Waals surface area contributed by atoms with Gasteiger partial charge in [-0.25, -0.2) is 4.98 Å². The van der Waals surface area contributed by atoms with Gasteiger partial charge in [0.05, 0.1) is 5.56 Å². The first kappa shape index (κ1) is 16.6. The topological polar surface area (TPSA) is 87.0 Å². The van der Waals surface area contributed by atoms with E-state index < -0.39 is 0 Å². The standard InChI is InChI=1S/C20H20N4O2/c21-10-13-1-8-19(22-11-13)26-17-6-3-14(4-7-17)20(25)23-12-18-15-2-5-16(9-15)24-18/h1,3-4,6-8,11,15-16,18,24H,2,5,9,12H2,(H,23,25)/t15-,16+,18+/m0/s1. The summed E-state index contributed by atoms with van der Waals surface area (Å²) in [7, 11) is 0. The highest BCUT2D eigenvalue weighted by molar-refractivity contribution is 5.94. The lowest BCUT2D eigenvalue weighted by molar-refractivity contribution is 0.0947. The minimum absolute atomic E-state index is 0.0716. The maximum atomic E-state index is 12.3. The minimum Gasteiger partial charge on any atom is -0.439 e. The fraction of sp³-hybridized carbons (Fsp3) is 0.350. The number of amides is 1. The van der Waals surface area contributed by atoms with E-state index in [2.05, 4.69) is 15.6 Å². The summed E-state index contributed by atoms with van der Waals surface area (Å²) in [6.07, 6.45) is 5.25. The molecule has 2 bridgehead atoms. The van der Waals surface area contributed by atoms with Crippen LogP contribution in [0.25, 0.3) is 0 Å². The van der Waals surface area contributed by atoms with E-state index in [1.54, 1.807) is 36.4 Å². The highest BCUT2D eigenvalue weighted by Gasteiger charge is 2.38. The second kappa shape index (κ2) is 7.14. The summed E-state index contributed by atoms with van der Waals surface area (Å²) in [5, 5.41) is 15.4. The molecule has 4 rings (SSSR count). The van der Waals surface area contributed by atoms with Crippen molar-refractivity contribution in [2.75, 3.05) is 6.54 Å². The van der Waals surface area contributed by atoms with Crippen molar-refractivity contribution in [3.8, 4) is 17.7 Å². The Hall–Kier alpha value is -2.91. The van der Waals surface area contributed by atoms with Crippen molar-refractivity contribution in [2.24, 2.45) is 5.92 Å². The van der Waals surface area contributed by atoms with Gasteiger partial charge in [-0.1, -0.05) is 0 Å². The van der Waals surface area contributed by atoms with E-state index in [0.717, 1.165) is 0 Å². The summed E-state index contributed by atoms with van der Waals surface area (Å²) < 4.78 is 5.63. The van der Waals surface area contributed by atoms with Gasteiger partial charge < -0.3 is 15.4 Å². The summed E-state index contributed by atoms with van der Waals surface area (Å²) >= 11 is 0. The molecule has 1 aliphatic carbocycles. The number of carbonyl (C=O) groups is 1. The van der Waals surface area contributed by atoms with Crippen LogP contribution in [-0.2, 0) is 0 Å². The molecule has 1 aliphatic heterocycles. The van der Waals surface area contributed by atoms with Crippen molar-refractivity contribution in [3.05, 3.63) is 53.7 Å². The van der Waals surface area contributed by atoms with Crippen molar-refractivity contribution < 1.29 is 9.53 Å². The first-order valence-electron chi connectivity index (χ1n) is 8.89. The maximum Gasteiger partial charge on any atom is 0.251 e. The Labute approximate surface area is 152 Å². The number of nitrogens with one attached hydrogen (secondary N) is 2. The van der Waals surface area contributed by atoms with Gasteiger partial charge in [-0.2, -0.15) is 5.26 Å². The molecule has 0 radical (unpaired) electrons. The Bertz CT molecular complexity index is 826. The van der Waals surface area contributed by atoms with Crippen LogP contribution in [0.2, 0.25) is 0 Å². The van der Waals surface area contributed by atoms with Gasteiger partial charge in [-0.3, -0.25) is 4.79 Å². The summed E-state index contributed by atoms with van der Waals surface area (Å²) in [4.78, 5) is 16.4. The number of ether oxygens (including phenoxy) is 1. The van der Waals surface area contributed by atoms with Crippen molar-refractivity contribution in [2.45, 2.75) is 31.3 Å². The number of fused-ring (bicyclic) bond motifs is 2. The molecule has 26 heavy (non-hydrogen) atoms. The fourth-order valence-electron chi connectivity index (χ4n) is 3.80. The number of rotatable bonds is 5. The molecule has 6 heteroatoms. The molecular formula is C20H20N4O2. The van der Waals surface area contributed by atoms with Crippen molar-refractivity contribution in [1.29, 1.82) is 5.26 Å². The minimum atomic E-state index is -0.0716. The number of aromatic nitrogens is 1. The SMILES string of the molecule is N#Cc1ccc(Oc2ccc(C(=O)NC[C@H]3N[C@@H]4CC[C@H]3C4)cc2)nc1. The van der Waals surface area contributed by atoms with Crippen molar-refractivity contribution in [1.82, 2.24) is 15.6 Å². The molecule has 2 aliphatic rings. The lowest BCUT2D eigenvalue weighted by Gasteiger charge is -2.23. The van der Waals surface area contributed by atoms with Gasteiger partial charge in [-0.15, -0.1) is 0 Å². The molecule has 1 amide bonds. The van der Waals surface area contributed by atoms with Crippen molar-refractivity contribution >= 4 is 5.91 Å². The molecule has 1 aromatic carbocycles. The molecule has 0 spiro atoms. The van der Waals surface area contributed by atoms with E-state index in [0.29, 0.717) is 47.3 Å². The van der Waals surface area contributed by atoms with Gasteiger partial charge in [0, 0.05) is 36.5 Å². The Morgan fingerprint density at radius 1 is 1.27 bits per heavy atom. The molecule has 1 aromatic heterocycles. The van der Waals surface area contributed by atoms with Gasteiger partial charge >= 0.3 is 0 Å². The molecular weight excluding hydrogens is 328 g/mol. The third-order valence-corrected chi connectivity index (χ3v) is 5.18. The number of pyridine rings is 1. The fourth-order valence-corrected chi connectivity index (χ4v) is 3.80. The van der Waals surface area contributed by atoms with Crippen LogP contribution in [0.1, 0.15) is 35.2 Å². The zero-order valence-electron chi connectivity index (χ0n) is 14.3. The van der Waals surface area contributed by atoms with E-state index in [1.807, 2.05) is 6.07 Å². The van der Waals surface area contributed by atoms with E-state index in [4.69, 9.17) is 10.00 Å². The van der Waals surface area contributed by atoms with Crippen LogP contribution in [-0.4, -0.2) is 29.5 Å². The lowest BCUT2D eigenvalue weighted by atomic mass is 10.00. The summed E-state index contributed by atoms with van der Waals surface area (Å²) in [5.74, 6) is 1.63. The molecule has 2 aromatic rings. The van der Waals surface area contributed by atoms with E-state index >= 15 is 0 Å². The largest absolute Gasteiger partial charge is 0.439 e. The van der Waals surface area contributed by atoms with Gasteiger partial charge in [-0.05, 0) is 55.5 Å². The molecule has 2 N–H and O–H groups in total. The van der Waals surface area contributed by atoms with Crippen molar-refractivity contribution in [3.63, 3.8) is 0 Å². The molecule has 2 heterocycles. The predicted molar refractivity (Wildman–Crippen MR) is 95.9 cm³/mol. The number of nitriles is 1. The van der Waals surface area contributed by atoms with E-state index in [-0.39, 0.29) is 5.91 Å². The van der Waals surface area contributed by atoms with Gasteiger partial charge in [0.1, 0.15) is 11.8 Å². The molecule has 6 nitrogen and oxygen atoms in total. The smallest absolute Gasteiger partial charge is 0.251 e. The predicted octanol–water partition coefficient (Wildman–Crippen LogP) is 2.62. The molecule has 3 atom stereocenters. The zero-order valence-corrected chi connectivity index (χ0v) is 14.3. The Kier molecular flexibility index (Phi) is 4.55. The van der Waals surface area contributed by atoms with Gasteiger partial charge in [0.15, 0.2) is 0 Å². The highest BCUT2D eigenvalue weighted by atomic mass is 16.5. The van der Waals surface area contributed by atoms with Crippen LogP contribution in [0, 0.1) is 17.2 Å². The monoisotopic (exact) mass is 348 g/mol. The average Bonchev–Trinajstić information content (AvgIpc) is 3.30. The number of carbonyl (C=O) groups excluding carboxylic acids is 1. The normalized spacial score (nSPS) is 23.4. The summed E-state index contributed by atoms with van der Waals surface area (Å²) in [6.45, 7) is 0.674.